The number of hydrogen-bond donors (Lipinski definition) is 2. The highest BCUT2D eigenvalue weighted by atomic mass is 16.5. The summed E-state index contributed by atoms with van der Waals surface area (Å²) in [6.07, 6.45) is 3.08. The van der Waals surface area contributed by atoms with Crippen LogP contribution in [0.2, 0.25) is 0 Å². The summed E-state index contributed by atoms with van der Waals surface area (Å²) in [5.74, 6) is 1.65. The van der Waals surface area contributed by atoms with Gasteiger partial charge in [0.25, 0.3) is 0 Å². The Morgan fingerprint density at radius 1 is 1.43 bits per heavy atom. The van der Waals surface area contributed by atoms with Crippen LogP contribution in [0.5, 0.6) is 0 Å². The molecule has 1 rings (SSSR count). The second kappa shape index (κ2) is 9.60. The van der Waals surface area contributed by atoms with Gasteiger partial charge in [-0.2, -0.15) is 0 Å². The minimum Gasteiger partial charge on any atom is -0.379 e. The maximum atomic E-state index is 11.5. The fourth-order valence-electron chi connectivity index (χ4n) is 1.91. The average molecular weight is 298 g/mol. The quantitative estimate of drug-likeness (QED) is 0.376. The van der Waals surface area contributed by atoms with Crippen molar-refractivity contribution in [2.24, 2.45) is 10.9 Å². The van der Waals surface area contributed by atoms with Gasteiger partial charge in [0.15, 0.2) is 5.96 Å². The van der Waals surface area contributed by atoms with Crippen LogP contribution in [0.1, 0.15) is 33.1 Å². The molecule has 21 heavy (non-hydrogen) atoms. The number of ether oxygens (including phenoxy) is 1. The first-order valence-corrected chi connectivity index (χ1v) is 7.81. The third kappa shape index (κ3) is 8.55. The average Bonchev–Trinajstić information content (AvgIpc) is 3.22. The number of nitrogens with one attached hydrogen (secondary N) is 2. The van der Waals surface area contributed by atoms with E-state index in [1.807, 2.05) is 25.8 Å². The van der Waals surface area contributed by atoms with E-state index in [0.717, 1.165) is 25.0 Å². The van der Waals surface area contributed by atoms with Crippen molar-refractivity contribution in [3.8, 4) is 0 Å². The van der Waals surface area contributed by atoms with Crippen LogP contribution in [0.15, 0.2) is 4.99 Å². The molecule has 0 bridgehead atoms. The summed E-state index contributed by atoms with van der Waals surface area (Å²) in [6.45, 7) is 6.89. The summed E-state index contributed by atoms with van der Waals surface area (Å²) < 4.78 is 5.62. The van der Waals surface area contributed by atoms with Crippen LogP contribution < -0.4 is 10.6 Å². The van der Waals surface area contributed by atoms with Gasteiger partial charge in [0.05, 0.1) is 6.61 Å². The van der Waals surface area contributed by atoms with Crippen molar-refractivity contribution in [2.75, 3.05) is 40.4 Å². The molecule has 0 radical (unpaired) electrons. The molecule has 0 aromatic heterocycles. The van der Waals surface area contributed by atoms with Crippen LogP contribution >= 0.6 is 0 Å². The van der Waals surface area contributed by atoms with Gasteiger partial charge in [-0.05, 0) is 32.6 Å². The molecular weight excluding hydrogens is 268 g/mol. The minimum atomic E-state index is 0.0587. The molecule has 0 heterocycles. The molecule has 1 saturated carbocycles. The van der Waals surface area contributed by atoms with Crippen LogP contribution in [0.4, 0.5) is 0 Å². The zero-order valence-electron chi connectivity index (χ0n) is 13.8. The number of hydrogen-bond acceptors (Lipinski definition) is 3. The van der Waals surface area contributed by atoms with E-state index in [4.69, 9.17) is 4.74 Å². The monoisotopic (exact) mass is 298 g/mol. The van der Waals surface area contributed by atoms with E-state index in [1.165, 1.54) is 12.8 Å². The number of carbonyl (C=O) groups excluding carboxylic acids is 1. The Labute approximate surface area is 128 Å². The van der Waals surface area contributed by atoms with Crippen molar-refractivity contribution in [3.05, 3.63) is 0 Å². The SMILES string of the molecule is CN=C(NCCC(=O)NC(C)C)N(C)CCOCC1CC1. The number of guanidine groups is 1. The molecule has 0 atom stereocenters. The number of amides is 1. The first-order valence-electron chi connectivity index (χ1n) is 7.81. The number of likely N-dealkylation sites (N-methyl/N-ethyl adjacent to an activating group) is 1. The Hall–Kier alpha value is -1.30. The first kappa shape index (κ1) is 17.8. The Morgan fingerprint density at radius 3 is 2.71 bits per heavy atom. The molecule has 2 N–H and O–H groups in total. The fraction of sp³-hybridized carbons (Fsp3) is 0.867. The van der Waals surface area contributed by atoms with Gasteiger partial charge in [-0.3, -0.25) is 9.79 Å². The summed E-state index contributed by atoms with van der Waals surface area (Å²) in [7, 11) is 3.72. The lowest BCUT2D eigenvalue weighted by molar-refractivity contribution is -0.121. The number of aliphatic imine (C=N–C) groups is 1. The Bertz CT molecular complexity index is 341. The highest BCUT2D eigenvalue weighted by Gasteiger charge is 2.21. The van der Waals surface area contributed by atoms with Crippen LogP contribution in [-0.2, 0) is 9.53 Å². The van der Waals surface area contributed by atoms with E-state index >= 15 is 0 Å². The van der Waals surface area contributed by atoms with Gasteiger partial charge in [-0.25, -0.2) is 0 Å². The number of nitrogens with zero attached hydrogens (tertiary/aromatic N) is 2. The van der Waals surface area contributed by atoms with Gasteiger partial charge in [0.1, 0.15) is 0 Å². The Kier molecular flexibility index (Phi) is 8.12. The molecule has 1 aliphatic rings. The van der Waals surface area contributed by atoms with Crippen molar-refractivity contribution in [1.82, 2.24) is 15.5 Å². The molecule has 0 unspecified atom stereocenters. The molecule has 0 aromatic rings. The van der Waals surface area contributed by atoms with E-state index in [1.54, 1.807) is 7.05 Å². The van der Waals surface area contributed by atoms with E-state index in [0.29, 0.717) is 19.6 Å². The molecule has 1 fully saturated rings. The summed E-state index contributed by atoms with van der Waals surface area (Å²) >= 11 is 0. The largest absolute Gasteiger partial charge is 0.379 e. The van der Waals surface area contributed by atoms with Gasteiger partial charge in [0.2, 0.25) is 5.91 Å². The molecule has 1 amide bonds. The van der Waals surface area contributed by atoms with Crippen molar-refractivity contribution in [3.63, 3.8) is 0 Å². The van der Waals surface area contributed by atoms with Crippen molar-refractivity contribution in [2.45, 2.75) is 39.2 Å². The molecule has 122 valence electrons. The van der Waals surface area contributed by atoms with Crippen molar-refractivity contribution >= 4 is 11.9 Å². The van der Waals surface area contributed by atoms with E-state index in [-0.39, 0.29) is 11.9 Å². The summed E-state index contributed by atoms with van der Waals surface area (Å²) in [4.78, 5) is 17.8. The van der Waals surface area contributed by atoms with Gasteiger partial charge < -0.3 is 20.3 Å². The molecular formula is C15H30N4O2. The third-order valence-electron chi connectivity index (χ3n) is 3.28. The zero-order valence-corrected chi connectivity index (χ0v) is 13.8. The topological polar surface area (TPSA) is 66.0 Å². The lowest BCUT2D eigenvalue weighted by Crippen LogP contribution is -2.42. The zero-order chi connectivity index (χ0) is 15.7. The highest BCUT2D eigenvalue weighted by molar-refractivity contribution is 5.81. The molecule has 0 aliphatic heterocycles. The van der Waals surface area contributed by atoms with Gasteiger partial charge in [-0.15, -0.1) is 0 Å². The smallest absolute Gasteiger partial charge is 0.221 e. The lowest BCUT2D eigenvalue weighted by atomic mass is 10.3. The number of rotatable bonds is 9. The molecule has 0 spiro atoms. The fourth-order valence-corrected chi connectivity index (χ4v) is 1.91. The summed E-state index contributed by atoms with van der Waals surface area (Å²) in [5.41, 5.74) is 0. The van der Waals surface area contributed by atoms with E-state index < -0.39 is 0 Å². The standard InChI is InChI=1S/C15H30N4O2/c1-12(2)18-14(20)7-8-17-15(16-3)19(4)9-10-21-11-13-5-6-13/h12-13H,5-11H2,1-4H3,(H,16,17)(H,18,20). The molecule has 0 saturated heterocycles. The van der Waals surface area contributed by atoms with Gasteiger partial charge >= 0.3 is 0 Å². The molecule has 1 aliphatic carbocycles. The second-order valence-electron chi connectivity index (χ2n) is 5.89. The van der Waals surface area contributed by atoms with Gasteiger partial charge in [0, 0.05) is 46.3 Å². The first-order chi connectivity index (χ1) is 10.0. The Balaban J connectivity index is 2.12. The molecule has 6 heteroatoms. The van der Waals surface area contributed by atoms with Crippen molar-refractivity contribution in [1.29, 1.82) is 0 Å². The molecule has 6 nitrogen and oxygen atoms in total. The van der Waals surface area contributed by atoms with Crippen LogP contribution in [0, 0.1) is 5.92 Å². The molecule has 0 aromatic carbocycles. The van der Waals surface area contributed by atoms with E-state index in [9.17, 15) is 4.79 Å². The van der Waals surface area contributed by atoms with Crippen LogP contribution in [0.25, 0.3) is 0 Å². The van der Waals surface area contributed by atoms with Crippen LogP contribution in [-0.4, -0.2) is 63.2 Å². The Morgan fingerprint density at radius 2 is 2.14 bits per heavy atom. The normalized spacial score (nSPS) is 15.2. The van der Waals surface area contributed by atoms with Crippen molar-refractivity contribution < 1.29 is 9.53 Å². The number of carbonyl (C=O) groups is 1. The minimum absolute atomic E-state index is 0.0587. The summed E-state index contributed by atoms with van der Waals surface area (Å²) in [5, 5.41) is 6.06. The predicted octanol–water partition coefficient (Wildman–Crippen LogP) is 0.835. The third-order valence-corrected chi connectivity index (χ3v) is 3.28. The lowest BCUT2D eigenvalue weighted by Gasteiger charge is -2.22. The maximum Gasteiger partial charge on any atom is 0.221 e. The van der Waals surface area contributed by atoms with E-state index in [2.05, 4.69) is 15.6 Å². The maximum absolute atomic E-state index is 11.5. The van der Waals surface area contributed by atoms with Crippen LogP contribution in [0.3, 0.4) is 0 Å². The predicted molar refractivity (Wildman–Crippen MR) is 85.4 cm³/mol. The second-order valence-corrected chi connectivity index (χ2v) is 5.89. The van der Waals surface area contributed by atoms with Gasteiger partial charge in [-0.1, -0.05) is 0 Å². The summed E-state index contributed by atoms with van der Waals surface area (Å²) in [6, 6.07) is 0.183. The highest BCUT2D eigenvalue weighted by Crippen LogP contribution is 2.28.